The Labute approximate surface area is 124 Å². The Morgan fingerprint density at radius 1 is 1.29 bits per heavy atom. The van der Waals surface area contributed by atoms with Crippen molar-refractivity contribution in [2.45, 2.75) is 38.3 Å². The molecule has 0 spiro atoms. The molecule has 1 N–H and O–H groups in total. The summed E-state index contributed by atoms with van der Waals surface area (Å²) in [4.78, 5) is 9.45. The molecule has 2 saturated heterocycles. The molecule has 2 fully saturated rings. The topological polar surface area (TPSA) is 52.0 Å². The maximum atomic E-state index is 5.48. The molecule has 2 aromatic rings. The minimum Gasteiger partial charge on any atom is -0.381 e. The van der Waals surface area contributed by atoms with E-state index in [0.29, 0.717) is 12.0 Å². The number of nitrogens with one attached hydrogen (secondary N) is 1. The van der Waals surface area contributed by atoms with E-state index < -0.39 is 0 Å². The lowest BCUT2D eigenvalue weighted by Gasteiger charge is -2.24. The summed E-state index contributed by atoms with van der Waals surface area (Å²) in [6, 6.07) is 4.43. The van der Waals surface area contributed by atoms with Gasteiger partial charge in [-0.3, -0.25) is 0 Å². The second-order valence-electron chi connectivity index (χ2n) is 6.13. The summed E-state index contributed by atoms with van der Waals surface area (Å²) in [5.74, 6) is 1.85. The van der Waals surface area contributed by atoms with Gasteiger partial charge in [-0.1, -0.05) is 0 Å². The average molecular weight is 286 g/mol. The molecule has 2 aliphatic heterocycles. The monoisotopic (exact) mass is 286 g/mol. The van der Waals surface area contributed by atoms with Crippen LogP contribution < -0.4 is 5.32 Å². The van der Waals surface area contributed by atoms with Gasteiger partial charge in [0.05, 0.1) is 6.04 Å². The number of hydrogen-bond donors (Lipinski definition) is 1. The number of rotatable bonds is 3. The lowest BCUT2D eigenvalue weighted by Crippen LogP contribution is -2.24. The van der Waals surface area contributed by atoms with Crippen molar-refractivity contribution in [1.82, 2.24) is 19.9 Å². The SMILES string of the molecule is c1cnc2c(c1)nc(C1CCCN1)n2CC1CCOCC1. The highest BCUT2D eigenvalue weighted by Crippen LogP contribution is 2.28. The quantitative estimate of drug-likeness (QED) is 0.940. The molecule has 2 aliphatic rings. The molecule has 112 valence electrons. The van der Waals surface area contributed by atoms with E-state index in [0.717, 1.165) is 50.3 Å². The third-order valence-corrected chi connectivity index (χ3v) is 4.69. The molecule has 5 nitrogen and oxygen atoms in total. The Morgan fingerprint density at radius 3 is 3.00 bits per heavy atom. The Bertz CT molecular complexity index is 612. The molecular formula is C16H22N4O. The first kappa shape index (κ1) is 13.2. The molecule has 0 aliphatic carbocycles. The third kappa shape index (κ3) is 2.56. The maximum Gasteiger partial charge on any atom is 0.160 e. The van der Waals surface area contributed by atoms with Crippen LogP contribution in [0, 0.1) is 5.92 Å². The van der Waals surface area contributed by atoms with E-state index in [-0.39, 0.29) is 0 Å². The Balaban J connectivity index is 1.70. The van der Waals surface area contributed by atoms with Gasteiger partial charge in [0.25, 0.3) is 0 Å². The van der Waals surface area contributed by atoms with Crippen LogP contribution in [0.5, 0.6) is 0 Å². The van der Waals surface area contributed by atoms with E-state index in [4.69, 9.17) is 9.72 Å². The highest BCUT2D eigenvalue weighted by molar-refractivity contribution is 5.71. The first-order valence-electron chi connectivity index (χ1n) is 8.04. The molecule has 5 heteroatoms. The zero-order chi connectivity index (χ0) is 14.1. The van der Waals surface area contributed by atoms with E-state index in [9.17, 15) is 0 Å². The summed E-state index contributed by atoms with van der Waals surface area (Å²) in [7, 11) is 0. The molecular weight excluding hydrogens is 264 g/mol. The largest absolute Gasteiger partial charge is 0.381 e. The van der Waals surface area contributed by atoms with Crippen molar-refractivity contribution in [2.75, 3.05) is 19.8 Å². The summed E-state index contributed by atoms with van der Waals surface area (Å²) < 4.78 is 7.84. The van der Waals surface area contributed by atoms with E-state index in [1.54, 1.807) is 0 Å². The predicted molar refractivity (Wildman–Crippen MR) is 81.0 cm³/mol. The molecule has 1 unspecified atom stereocenters. The van der Waals surface area contributed by atoms with E-state index >= 15 is 0 Å². The second-order valence-corrected chi connectivity index (χ2v) is 6.13. The molecule has 0 radical (unpaired) electrons. The van der Waals surface area contributed by atoms with Gasteiger partial charge in [-0.25, -0.2) is 9.97 Å². The third-order valence-electron chi connectivity index (χ3n) is 4.69. The summed E-state index contributed by atoms with van der Waals surface area (Å²) in [6.07, 6.45) is 6.57. The van der Waals surface area contributed by atoms with Crippen molar-refractivity contribution in [1.29, 1.82) is 0 Å². The van der Waals surface area contributed by atoms with E-state index in [1.807, 2.05) is 12.3 Å². The zero-order valence-electron chi connectivity index (χ0n) is 12.3. The van der Waals surface area contributed by atoms with Gasteiger partial charge in [-0.15, -0.1) is 0 Å². The predicted octanol–water partition coefficient (Wildman–Crippen LogP) is 2.28. The Kier molecular flexibility index (Phi) is 3.61. The van der Waals surface area contributed by atoms with Gasteiger partial charge < -0.3 is 14.6 Å². The van der Waals surface area contributed by atoms with Gasteiger partial charge in [0.1, 0.15) is 11.3 Å². The number of hydrogen-bond acceptors (Lipinski definition) is 4. The summed E-state index contributed by atoms with van der Waals surface area (Å²) in [6.45, 7) is 3.90. The van der Waals surface area contributed by atoms with Gasteiger partial charge in [0, 0.05) is 26.0 Å². The van der Waals surface area contributed by atoms with Crippen LogP contribution in [0.25, 0.3) is 11.2 Å². The van der Waals surface area contributed by atoms with E-state index in [1.165, 1.54) is 18.7 Å². The van der Waals surface area contributed by atoms with Crippen LogP contribution >= 0.6 is 0 Å². The number of imidazole rings is 1. The summed E-state index contributed by atoms with van der Waals surface area (Å²) >= 11 is 0. The van der Waals surface area contributed by atoms with Crippen LogP contribution in [0.3, 0.4) is 0 Å². The number of ether oxygens (including phenoxy) is 1. The molecule has 1 atom stereocenters. The van der Waals surface area contributed by atoms with Crippen molar-refractivity contribution >= 4 is 11.2 Å². The van der Waals surface area contributed by atoms with Crippen LogP contribution in [-0.4, -0.2) is 34.3 Å². The van der Waals surface area contributed by atoms with Crippen LogP contribution in [0.2, 0.25) is 0 Å². The number of nitrogens with zero attached hydrogens (tertiary/aromatic N) is 3. The zero-order valence-corrected chi connectivity index (χ0v) is 12.3. The minimum absolute atomic E-state index is 0.388. The smallest absolute Gasteiger partial charge is 0.160 e. The molecule has 4 rings (SSSR count). The normalized spacial score (nSPS) is 23.9. The molecule has 0 bridgehead atoms. The fraction of sp³-hybridized carbons (Fsp3) is 0.625. The van der Waals surface area contributed by atoms with Gasteiger partial charge in [-0.05, 0) is 50.3 Å². The molecule has 0 aromatic carbocycles. The van der Waals surface area contributed by atoms with Crippen molar-refractivity contribution in [2.24, 2.45) is 5.92 Å². The number of aromatic nitrogens is 3. The highest BCUT2D eigenvalue weighted by atomic mass is 16.5. The summed E-state index contributed by atoms with van der Waals surface area (Å²) in [5, 5.41) is 3.58. The first-order valence-corrected chi connectivity index (χ1v) is 8.04. The Hall–Kier alpha value is -1.46. The van der Waals surface area contributed by atoms with Crippen LogP contribution in [0.4, 0.5) is 0 Å². The number of fused-ring (bicyclic) bond motifs is 1. The molecule has 0 saturated carbocycles. The van der Waals surface area contributed by atoms with Gasteiger partial charge in [0.15, 0.2) is 5.65 Å². The van der Waals surface area contributed by atoms with Crippen LogP contribution in [0.15, 0.2) is 18.3 Å². The average Bonchev–Trinajstić information content (AvgIpc) is 3.16. The van der Waals surface area contributed by atoms with Gasteiger partial charge in [0.2, 0.25) is 0 Å². The highest BCUT2D eigenvalue weighted by Gasteiger charge is 2.25. The fourth-order valence-electron chi connectivity index (χ4n) is 3.51. The fourth-order valence-corrected chi connectivity index (χ4v) is 3.51. The first-order chi connectivity index (χ1) is 10.4. The van der Waals surface area contributed by atoms with E-state index in [2.05, 4.69) is 20.9 Å². The van der Waals surface area contributed by atoms with Crippen molar-refractivity contribution < 1.29 is 4.74 Å². The van der Waals surface area contributed by atoms with Crippen molar-refractivity contribution in [3.8, 4) is 0 Å². The minimum atomic E-state index is 0.388. The molecule has 0 amide bonds. The van der Waals surface area contributed by atoms with Crippen molar-refractivity contribution in [3.05, 3.63) is 24.2 Å². The molecule has 4 heterocycles. The summed E-state index contributed by atoms with van der Waals surface area (Å²) in [5.41, 5.74) is 2.06. The van der Waals surface area contributed by atoms with Crippen LogP contribution in [-0.2, 0) is 11.3 Å². The number of pyridine rings is 1. The lowest BCUT2D eigenvalue weighted by atomic mass is 10.00. The second kappa shape index (κ2) is 5.73. The van der Waals surface area contributed by atoms with Gasteiger partial charge >= 0.3 is 0 Å². The van der Waals surface area contributed by atoms with Crippen molar-refractivity contribution in [3.63, 3.8) is 0 Å². The maximum absolute atomic E-state index is 5.48. The molecule has 2 aromatic heterocycles. The standard InChI is InChI=1S/C16H22N4O/c1-3-13(17-7-1)16-19-14-4-2-8-18-15(14)20(16)11-12-5-9-21-10-6-12/h2,4,8,12-13,17H,1,3,5-7,9-11H2. The van der Waals surface area contributed by atoms with Gasteiger partial charge in [-0.2, -0.15) is 0 Å². The Morgan fingerprint density at radius 2 is 2.19 bits per heavy atom. The van der Waals surface area contributed by atoms with Crippen LogP contribution in [0.1, 0.15) is 37.5 Å². The lowest BCUT2D eigenvalue weighted by molar-refractivity contribution is 0.0612. The molecule has 21 heavy (non-hydrogen) atoms.